The molecular formula is C18H22FN3O3. The van der Waals surface area contributed by atoms with Crippen molar-refractivity contribution in [2.24, 2.45) is 0 Å². The van der Waals surface area contributed by atoms with Gasteiger partial charge in [-0.1, -0.05) is 0 Å². The molecule has 1 atom stereocenters. The van der Waals surface area contributed by atoms with E-state index in [9.17, 15) is 14.0 Å². The Balaban J connectivity index is 1.74. The maximum atomic E-state index is 14.6. The summed E-state index contributed by atoms with van der Waals surface area (Å²) in [5, 5.41) is 11.7. The number of carbonyl (C=O) groups is 2. The highest BCUT2D eigenvalue weighted by Crippen LogP contribution is 2.29. The third-order valence-corrected chi connectivity index (χ3v) is 4.67. The van der Waals surface area contributed by atoms with Crippen LogP contribution in [0.25, 0.3) is 0 Å². The van der Waals surface area contributed by atoms with E-state index in [-0.39, 0.29) is 24.7 Å². The van der Waals surface area contributed by atoms with Gasteiger partial charge in [0.15, 0.2) is 0 Å². The van der Waals surface area contributed by atoms with E-state index in [4.69, 9.17) is 5.11 Å². The maximum Gasteiger partial charge on any atom is 0.277 e. The SMILES string of the molecule is CC1CCCCN1c1ccc(NC2=CC(=O)N(CCO)C2=O)cc1F. The van der Waals surface area contributed by atoms with Gasteiger partial charge in [-0.05, 0) is 44.4 Å². The van der Waals surface area contributed by atoms with E-state index < -0.39 is 11.8 Å². The Morgan fingerprint density at radius 2 is 2.12 bits per heavy atom. The van der Waals surface area contributed by atoms with Crippen molar-refractivity contribution >= 4 is 23.2 Å². The van der Waals surface area contributed by atoms with Gasteiger partial charge in [0.25, 0.3) is 11.8 Å². The van der Waals surface area contributed by atoms with Crippen LogP contribution in [-0.2, 0) is 9.59 Å². The Labute approximate surface area is 145 Å². The molecule has 25 heavy (non-hydrogen) atoms. The van der Waals surface area contributed by atoms with Gasteiger partial charge in [0.1, 0.15) is 11.5 Å². The summed E-state index contributed by atoms with van der Waals surface area (Å²) in [6, 6.07) is 5.04. The largest absolute Gasteiger partial charge is 0.395 e. The summed E-state index contributed by atoms with van der Waals surface area (Å²) >= 11 is 0. The van der Waals surface area contributed by atoms with Crippen molar-refractivity contribution in [3.05, 3.63) is 35.8 Å². The molecule has 7 heteroatoms. The minimum atomic E-state index is -0.520. The highest BCUT2D eigenvalue weighted by molar-refractivity contribution is 6.17. The summed E-state index contributed by atoms with van der Waals surface area (Å²) < 4.78 is 14.6. The van der Waals surface area contributed by atoms with Gasteiger partial charge in [-0.15, -0.1) is 0 Å². The fourth-order valence-corrected chi connectivity index (χ4v) is 3.34. The summed E-state index contributed by atoms with van der Waals surface area (Å²) in [4.78, 5) is 26.9. The van der Waals surface area contributed by atoms with Crippen molar-refractivity contribution in [1.29, 1.82) is 0 Å². The average molecular weight is 347 g/mol. The normalized spacial score (nSPS) is 20.9. The van der Waals surface area contributed by atoms with E-state index in [0.29, 0.717) is 17.4 Å². The van der Waals surface area contributed by atoms with Crippen molar-refractivity contribution in [2.75, 3.05) is 29.9 Å². The average Bonchev–Trinajstić information content (AvgIpc) is 2.84. The first-order valence-electron chi connectivity index (χ1n) is 8.53. The minimum absolute atomic E-state index is 0.0561. The molecule has 0 saturated carbocycles. The van der Waals surface area contributed by atoms with Crippen molar-refractivity contribution in [2.45, 2.75) is 32.2 Å². The molecule has 1 aromatic carbocycles. The van der Waals surface area contributed by atoms with E-state index >= 15 is 0 Å². The molecular weight excluding hydrogens is 325 g/mol. The summed E-state index contributed by atoms with van der Waals surface area (Å²) in [5.41, 5.74) is 1.04. The first kappa shape index (κ1) is 17.4. The van der Waals surface area contributed by atoms with Crippen LogP contribution in [-0.4, -0.2) is 47.6 Å². The molecule has 1 aromatic rings. The number of carbonyl (C=O) groups excluding carboxylic acids is 2. The molecule has 3 rings (SSSR count). The lowest BCUT2D eigenvalue weighted by Crippen LogP contribution is -2.38. The van der Waals surface area contributed by atoms with Crippen LogP contribution in [0.2, 0.25) is 0 Å². The predicted octanol–water partition coefficient (Wildman–Crippen LogP) is 1.86. The lowest BCUT2D eigenvalue weighted by molar-refractivity contribution is -0.137. The third kappa shape index (κ3) is 3.51. The molecule has 2 amide bonds. The zero-order chi connectivity index (χ0) is 18.0. The molecule has 1 unspecified atom stereocenters. The van der Waals surface area contributed by atoms with Gasteiger partial charge in [-0.25, -0.2) is 4.39 Å². The van der Waals surface area contributed by atoms with Crippen LogP contribution in [0.5, 0.6) is 0 Å². The number of hydrogen-bond donors (Lipinski definition) is 2. The van der Waals surface area contributed by atoms with Crippen LogP contribution in [0.1, 0.15) is 26.2 Å². The molecule has 1 fully saturated rings. The second-order valence-electron chi connectivity index (χ2n) is 6.41. The molecule has 2 N–H and O–H groups in total. The second-order valence-corrected chi connectivity index (χ2v) is 6.41. The molecule has 0 radical (unpaired) electrons. The zero-order valence-corrected chi connectivity index (χ0v) is 14.2. The number of anilines is 2. The third-order valence-electron chi connectivity index (χ3n) is 4.67. The lowest BCUT2D eigenvalue weighted by Gasteiger charge is -2.35. The molecule has 6 nitrogen and oxygen atoms in total. The Morgan fingerprint density at radius 1 is 1.32 bits per heavy atom. The van der Waals surface area contributed by atoms with Crippen LogP contribution in [0.3, 0.4) is 0 Å². The van der Waals surface area contributed by atoms with Crippen LogP contribution >= 0.6 is 0 Å². The standard InChI is InChI=1S/C18H22FN3O3/c1-12-4-2-3-7-21(12)16-6-5-13(10-14(16)19)20-15-11-17(24)22(8-9-23)18(15)25/h5-6,10-12,20,23H,2-4,7-9H2,1H3. The van der Waals surface area contributed by atoms with Crippen LogP contribution < -0.4 is 10.2 Å². The van der Waals surface area contributed by atoms with Crippen LogP contribution in [0.15, 0.2) is 30.0 Å². The monoisotopic (exact) mass is 347 g/mol. The predicted molar refractivity (Wildman–Crippen MR) is 92.6 cm³/mol. The number of benzene rings is 1. The maximum absolute atomic E-state index is 14.6. The Morgan fingerprint density at radius 3 is 2.80 bits per heavy atom. The molecule has 134 valence electrons. The molecule has 0 bridgehead atoms. The fraction of sp³-hybridized carbons (Fsp3) is 0.444. The number of piperidine rings is 1. The number of amides is 2. The van der Waals surface area contributed by atoms with Gasteiger partial charge in [-0.3, -0.25) is 14.5 Å². The smallest absolute Gasteiger partial charge is 0.277 e. The molecule has 1 saturated heterocycles. The van der Waals surface area contributed by atoms with E-state index in [2.05, 4.69) is 17.1 Å². The van der Waals surface area contributed by atoms with Gasteiger partial charge in [0, 0.05) is 24.4 Å². The first-order valence-corrected chi connectivity index (χ1v) is 8.53. The topological polar surface area (TPSA) is 72.9 Å². The summed E-state index contributed by atoms with van der Waals surface area (Å²) in [7, 11) is 0. The van der Waals surface area contributed by atoms with E-state index in [1.807, 2.05) is 0 Å². The van der Waals surface area contributed by atoms with E-state index in [0.717, 1.165) is 36.8 Å². The Kier molecular flexibility index (Phi) is 5.03. The Hall–Kier alpha value is -2.41. The van der Waals surface area contributed by atoms with Crippen LogP contribution in [0, 0.1) is 5.82 Å². The highest BCUT2D eigenvalue weighted by Gasteiger charge is 2.30. The highest BCUT2D eigenvalue weighted by atomic mass is 19.1. The number of imide groups is 1. The van der Waals surface area contributed by atoms with Gasteiger partial charge in [-0.2, -0.15) is 0 Å². The van der Waals surface area contributed by atoms with Crippen LogP contribution in [0.4, 0.5) is 15.8 Å². The Bertz CT molecular complexity index is 720. The number of nitrogens with one attached hydrogen (secondary N) is 1. The van der Waals surface area contributed by atoms with Gasteiger partial charge < -0.3 is 15.3 Å². The number of hydrogen-bond acceptors (Lipinski definition) is 5. The minimum Gasteiger partial charge on any atom is -0.395 e. The molecule has 0 spiro atoms. The van der Waals surface area contributed by atoms with Crippen molar-refractivity contribution in [3.63, 3.8) is 0 Å². The summed E-state index contributed by atoms with van der Waals surface area (Å²) in [6.07, 6.45) is 4.42. The number of aliphatic hydroxyl groups is 1. The lowest BCUT2D eigenvalue weighted by atomic mass is 10.0. The van der Waals surface area contributed by atoms with Gasteiger partial charge in [0.05, 0.1) is 18.8 Å². The van der Waals surface area contributed by atoms with Crippen molar-refractivity contribution in [3.8, 4) is 0 Å². The summed E-state index contributed by atoms with van der Waals surface area (Å²) in [5.74, 6) is -1.36. The van der Waals surface area contributed by atoms with Gasteiger partial charge >= 0.3 is 0 Å². The molecule has 2 aliphatic rings. The molecule has 0 aliphatic carbocycles. The van der Waals surface area contributed by atoms with Crippen molar-refractivity contribution in [1.82, 2.24) is 4.90 Å². The van der Waals surface area contributed by atoms with Crippen molar-refractivity contribution < 1.29 is 19.1 Å². The van der Waals surface area contributed by atoms with E-state index in [1.54, 1.807) is 12.1 Å². The number of aliphatic hydroxyl groups excluding tert-OH is 1. The number of β-amino-alcohol motifs (C(OH)–C–C–N with tert-alkyl or cyclic N) is 1. The first-order chi connectivity index (χ1) is 12.0. The molecule has 2 heterocycles. The number of halogens is 1. The summed E-state index contributed by atoms with van der Waals surface area (Å²) in [6.45, 7) is 2.57. The molecule has 0 aromatic heterocycles. The second kappa shape index (κ2) is 7.23. The number of nitrogens with zero attached hydrogens (tertiary/aromatic N) is 2. The zero-order valence-electron chi connectivity index (χ0n) is 14.2. The number of rotatable bonds is 5. The molecule has 2 aliphatic heterocycles. The fourth-order valence-electron chi connectivity index (χ4n) is 3.34. The van der Waals surface area contributed by atoms with Gasteiger partial charge in [0.2, 0.25) is 0 Å². The quantitative estimate of drug-likeness (QED) is 0.796. The van der Waals surface area contributed by atoms with E-state index in [1.165, 1.54) is 6.07 Å².